The first-order chi connectivity index (χ1) is 6.79. The van der Waals surface area contributed by atoms with Crippen molar-refractivity contribution in [2.24, 2.45) is 0 Å². The minimum absolute atomic E-state index is 0.592. The summed E-state index contributed by atoms with van der Waals surface area (Å²) in [6.07, 6.45) is 0.745. The lowest BCUT2D eigenvalue weighted by Crippen LogP contribution is -1.82. The molecule has 1 aromatic heterocycles. The second kappa shape index (κ2) is 3.62. The van der Waals surface area contributed by atoms with Crippen LogP contribution in [0, 0.1) is 6.92 Å². The van der Waals surface area contributed by atoms with Crippen LogP contribution in [-0.4, -0.2) is 10.1 Å². The first-order valence-corrected chi connectivity index (χ1v) is 4.48. The first-order valence-electron chi connectivity index (χ1n) is 4.48. The molecule has 0 N–H and O–H groups in total. The molecule has 0 unspecified atom stereocenters. The molecule has 1 aromatic carbocycles. The van der Waals surface area contributed by atoms with E-state index in [0.29, 0.717) is 17.3 Å². The minimum Gasteiger partial charge on any atom is -0.339 e. The molecule has 0 amide bonds. The second-order valence-electron chi connectivity index (χ2n) is 2.99. The van der Waals surface area contributed by atoms with Gasteiger partial charge in [0, 0.05) is 12.0 Å². The van der Waals surface area contributed by atoms with Crippen LogP contribution in [0.1, 0.15) is 18.4 Å². The van der Waals surface area contributed by atoms with Gasteiger partial charge in [0.25, 0.3) is 0 Å². The number of aromatic nitrogens is 2. The summed E-state index contributed by atoms with van der Waals surface area (Å²) in [6, 6.07) is 7.42. The third kappa shape index (κ3) is 1.66. The molecule has 3 nitrogen and oxygen atoms in total. The highest BCUT2D eigenvalue weighted by Crippen LogP contribution is 2.16. The van der Waals surface area contributed by atoms with Crippen LogP contribution in [0.3, 0.4) is 0 Å². The molecule has 2 radical (unpaired) electrons. The molecule has 0 spiro atoms. The van der Waals surface area contributed by atoms with E-state index in [4.69, 9.17) is 11.4 Å². The SMILES string of the molecule is [CH]c1cccc(-c2noc(CC)n2)c1. The van der Waals surface area contributed by atoms with Crippen molar-refractivity contribution >= 4 is 0 Å². The van der Waals surface area contributed by atoms with Gasteiger partial charge in [-0.3, -0.25) is 0 Å². The highest BCUT2D eigenvalue weighted by molar-refractivity contribution is 5.55. The molecule has 0 aliphatic carbocycles. The lowest BCUT2D eigenvalue weighted by atomic mass is 10.1. The van der Waals surface area contributed by atoms with Crippen LogP contribution < -0.4 is 0 Å². The summed E-state index contributed by atoms with van der Waals surface area (Å²) in [6.45, 7) is 7.62. The quantitative estimate of drug-likeness (QED) is 0.722. The van der Waals surface area contributed by atoms with Crippen molar-refractivity contribution in [2.45, 2.75) is 13.3 Å². The molecule has 2 aromatic rings. The fraction of sp³-hybridized carbons (Fsp3) is 0.182. The number of nitrogens with zero attached hydrogens (tertiary/aromatic N) is 2. The summed E-state index contributed by atoms with van der Waals surface area (Å²) in [5.41, 5.74) is 1.58. The molecule has 0 aliphatic rings. The van der Waals surface area contributed by atoms with Crippen LogP contribution >= 0.6 is 0 Å². The monoisotopic (exact) mass is 186 g/mol. The molecule has 1 heterocycles. The molecule has 0 aliphatic heterocycles. The lowest BCUT2D eigenvalue weighted by Gasteiger charge is -1.94. The van der Waals surface area contributed by atoms with E-state index in [2.05, 4.69) is 10.1 Å². The molecule has 2 rings (SSSR count). The van der Waals surface area contributed by atoms with Gasteiger partial charge in [0.2, 0.25) is 11.7 Å². The summed E-state index contributed by atoms with van der Waals surface area (Å²) in [4.78, 5) is 4.21. The zero-order valence-corrected chi connectivity index (χ0v) is 7.90. The minimum atomic E-state index is 0.592. The van der Waals surface area contributed by atoms with Gasteiger partial charge in [-0.25, -0.2) is 0 Å². The molecule has 70 valence electrons. The van der Waals surface area contributed by atoms with Crippen LogP contribution in [-0.2, 0) is 6.42 Å². The zero-order valence-electron chi connectivity index (χ0n) is 7.90. The maximum Gasteiger partial charge on any atom is 0.226 e. The smallest absolute Gasteiger partial charge is 0.226 e. The molecule has 0 atom stereocenters. The van der Waals surface area contributed by atoms with E-state index < -0.39 is 0 Å². The number of hydrogen-bond donors (Lipinski definition) is 0. The fourth-order valence-corrected chi connectivity index (χ4v) is 1.19. The zero-order chi connectivity index (χ0) is 9.97. The second-order valence-corrected chi connectivity index (χ2v) is 2.99. The van der Waals surface area contributed by atoms with Crippen molar-refractivity contribution in [3.8, 4) is 11.4 Å². The lowest BCUT2D eigenvalue weighted by molar-refractivity contribution is 0.383. The standard InChI is InChI=1S/C11H10N2O/c1-3-10-12-11(13-14-10)9-6-4-5-8(2)7-9/h2,4-7H,3H2,1H3. The van der Waals surface area contributed by atoms with E-state index in [1.807, 2.05) is 31.2 Å². The van der Waals surface area contributed by atoms with Crippen molar-refractivity contribution in [3.63, 3.8) is 0 Å². The van der Waals surface area contributed by atoms with Gasteiger partial charge in [0.05, 0.1) is 0 Å². The van der Waals surface area contributed by atoms with Crippen LogP contribution in [0.4, 0.5) is 0 Å². The van der Waals surface area contributed by atoms with E-state index in [1.165, 1.54) is 0 Å². The van der Waals surface area contributed by atoms with E-state index in [1.54, 1.807) is 0 Å². The van der Waals surface area contributed by atoms with Crippen LogP contribution in [0.2, 0.25) is 0 Å². The number of hydrogen-bond acceptors (Lipinski definition) is 3. The van der Waals surface area contributed by atoms with E-state index in [9.17, 15) is 0 Å². The average molecular weight is 186 g/mol. The van der Waals surface area contributed by atoms with Crippen molar-refractivity contribution in [1.29, 1.82) is 0 Å². The number of benzene rings is 1. The third-order valence-corrected chi connectivity index (χ3v) is 1.92. The molecule has 14 heavy (non-hydrogen) atoms. The molecule has 0 bridgehead atoms. The van der Waals surface area contributed by atoms with Gasteiger partial charge in [-0.1, -0.05) is 30.3 Å². The van der Waals surface area contributed by atoms with E-state index >= 15 is 0 Å². The average Bonchev–Trinajstić information content (AvgIpc) is 2.66. The van der Waals surface area contributed by atoms with Gasteiger partial charge < -0.3 is 4.52 Å². The van der Waals surface area contributed by atoms with Crippen LogP contribution in [0.15, 0.2) is 28.8 Å². The third-order valence-electron chi connectivity index (χ3n) is 1.92. The van der Waals surface area contributed by atoms with Gasteiger partial charge in [-0.05, 0) is 18.6 Å². The maximum atomic E-state index is 5.65. The topological polar surface area (TPSA) is 38.9 Å². The molecule has 0 saturated carbocycles. The predicted octanol–water partition coefficient (Wildman–Crippen LogP) is 2.36. The van der Waals surface area contributed by atoms with Crippen molar-refractivity contribution < 1.29 is 4.52 Å². The predicted molar refractivity (Wildman–Crippen MR) is 52.5 cm³/mol. The Morgan fingerprint density at radius 2 is 2.29 bits per heavy atom. The Bertz CT molecular complexity index is 434. The summed E-state index contributed by atoms with van der Waals surface area (Å²) < 4.78 is 5.01. The number of aryl methyl sites for hydroxylation is 1. The van der Waals surface area contributed by atoms with Gasteiger partial charge in [-0.15, -0.1) is 0 Å². The van der Waals surface area contributed by atoms with Gasteiger partial charge >= 0.3 is 0 Å². The van der Waals surface area contributed by atoms with Gasteiger partial charge in [-0.2, -0.15) is 4.98 Å². The Morgan fingerprint density at radius 3 is 2.93 bits per heavy atom. The van der Waals surface area contributed by atoms with Crippen molar-refractivity contribution in [3.05, 3.63) is 42.6 Å². The van der Waals surface area contributed by atoms with Crippen molar-refractivity contribution in [1.82, 2.24) is 10.1 Å². The fourth-order valence-electron chi connectivity index (χ4n) is 1.19. The van der Waals surface area contributed by atoms with Gasteiger partial charge in [0.15, 0.2) is 0 Å². The Morgan fingerprint density at radius 1 is 1.43 bits per heavy atom. The largest absolute Gasteiger partial charge is 0.339 e. The van der Waals surface area contributed by atoms with E-state index in [0.717, 1.165) is 12.0 Å². The van der Waals surface area contributed by atoms with E-state index in [-0.39, 0.29) is 0 Å². The number of rotatable bonds is 2. The molecule has 0 fully saturated rings. The highest BCUT2D eigenvalue weighted by atomic mass is 16.5. The first kappa shape index (κ1) is 8.94. The maximum absolute atomic E-state index is 5.65. The Kier molecular flexibility index (Phi) is 2.31. The highest BCUT2D eigenvalue weighted by Gasteiger charge is 2.06. The summed E-state index contributed by atoms with van der Waals surface area (Å²) in [5, 5.41) is 3.86. The summed E-state index contributed by atoms with van der Waals surface area (Å²) >= 11 is 0. The van der Waals surface area contributed by atoms with Crippen LogP contribution in [0.5, 0.6) is 0 Å². The van der Waals surface area contributed by atoms with Gasteiger partial charge in [0.1, 0.15) is 0 Å². The summed E-state index contributed by atoms with van der Waals surface area (Å²) in [5.74, 6) is 1.23. The Hall–Kier alpha value is -1.64. The molecular weight excluding hydrogens is 176 g/mol. The van der Waals surface area contributed by atoms with Crippen LogP contribution in [0.25, 0.3) is 11.4 Å². The van der Waals surface area contributed by atoms with Crippen molar-refractivity contribution in [2.75, 3.05) is 0 Å². The normalized spacial score (nSPS) is 10.4. The molecular formula is C11H10N2O. The molecule has 3 heteroatoms. The molecule has 0 saturated heterocycles. The Balaban J connectivity index is 2.39. The summed E-state index contributed by atoms with van der Waals surface area (Å²) in [7, 11) is 0. The Labute approximate surface area is 82.8 Å².